The summed E-state index contributed by atoms with van der Waals surface area (Å²) in [5.74, 6) is 0.606. The highest BCUT2D eigenvalue weighted by atomic mass is 16.5. The molecule has 1 fully saturated rings. The second kappa shape index (κ2) is 7.67. The lowest BCUT2D eigenvalue weighted by Gasteiger charge is -2.32. The molecule has 0 spiro atoms. The van der Waals surface area contributed by atoms with Crippen molar-refractivity contribution < 1.29 is 9.53 Å². The van der Waals surface area contributed by atoms with Crippen molar-refractivity contribution in [3.05, 3.63) is 0 Å². The summed E-state index contributed by atoms with van der Waals surface area (Å²) in [6.45, 7) is 3.61. The summed E-state index contributed by atoms with van der Waals surface area (Å²) in [4.78, 5) is 12.0. The second-order valence-corrected chi connectivity index (χ2v) is 5.05. The Morgan fingerprint density at radius 2 is 2.18 bits per heavy atom. The van der Waals surface area contributed by atoms with Gasteiger partial charge in [0, 0.05) is 32.2 Å². The third-order valence-electron chi connectivity index (χ3n) is 3.77. The zero-order valence-corrected chi connectivity index (χ0v) is 11.1. The first kappa shape index (κ1) is 14.5. The van der Waals surface area contributed by atoms with E-state index in [1.165, 1.54) is 0 Å². The second-order valence-electron chi connectivity index (χ2n) is 5.05. The Morgan fingerprint density at radius 1 is 1.41 bits per heavy atom. The van der Waals surface area contributed by atoms with Gasteiger partial charge in [-0.1, -0.05) is 13.3 Å². The van der Waals surface area contributed by atoms with Crippen molar-refractivity contribution in [2.75, 3.05) is 20.3 Å². The first-order chi connectivity index (χ1) is 8.16. The molecule has 1 amide bonds. The van der Waals surface area contributed by atoms with Gasteiger partial charge in [-0.25, -0.2) is 0 Å². The molecular formula is C13H26N2O2. The molecule has 0 aromatic carbocycles. The number of methoxy groups -OCH3 is 1. The van der Waals surface area contributed by atoms with E-state index in [9.17, 15) is 4.79 Å². The quantitative estimate of drug-likeness (QED) is 0.690. The number of carbonyl (C=O) groups is 1. The minimum Gasteiger partial charge on any atom is -0.385 e. The van der Waals surface area contributed by atoms with Gasteiger partial charge in [-0.3, -0.25) is 4.79 Å². The maximum Gasteiger partial charge on any atom is 0.223 e. The number of amides is 1. The smallest absolute Gasteiger partial charge is 0.223 e. The van der Waals surface area contributed by atoms with Crippen LogP contribution in [-0.2, 0) is 9.53 Å². The number of unbranched alkanes of at least 4 members (excludes halogenated alkanes) is 1. The highest BCUT2D eigenvalue weighted by Crippen LogP contribution is 2.28. The van der Waals surface area contributed by atoms with Crippen LogP contribution in [0.3, 0.4) is 0 Å². The molecule has 0 saturated heterocycles. The minimum atomic E-state index is 0.112. The molecular weight excluding hydrogens is 216 g/mol. The van der Waals surface area contributed by atoms with Crippen molar-refractivity contribution >= 4 is 5.91 Å². The molecule has 4 heteroatoms. The highest BCUT2D eigenvalue weighted by Gasteiger charge is 2.32. The average Bonchev–Trinajstić information content (AvgIpc) is 2.32. The molecule has 0 aliphatic heterocycles. The number of rotatable bonds is 6. The summed E-state index contributed by atoms with van der Waals surface area (Å²) in [6.07, 6.45) is 5.09. The minimum absolute atomic E-state index is 0.112. The fraction of sp³-hybridized carbons (Fsp3) is 0.923. The molecule has 1 aliphatic rings. The molecule has 0 aromatic rings. The Morgan fingerprint density at radius 3 is 2.88 bits per heavy atom. The van der Waals surface area contributed by atoms with Crippen molar-refractivity contribution in [1.29, 1.82) is 0 Å². The number of hydrogen-bond acceptors (Lipinski definition) is 3. The molecule has 0 radical (unpaired) electrons. The van der Waals surface area contributed by atoms with E-state index in [-0.39, 0.29) is 17.9 Å². The van der Waals surface area contributed by atoms with Crippen LogP contribution in [0.25, 0.3) is 0 Å². The fourth-order valence-corrected chi connectivity index (χ4v) is 2.48. The Kier molecular flexibility index (Phi) is 6.52. The summed E-state index contributed by atoms with van der Waals surface area (Å²) in [6, 6.07) is 0.188. The van der Waals surface area contributed by atoms with Gasteiger partial charge in [-0.15, -0.1) is 0 Å². The van der Waals surface area contributed by atoms with Crippen LogP contribution in [0.5, 0.6) is 0 Å². The van der Waals surface area contributed by atoms with Crippen LogP contribution in [-0.4, -0.2) is 32.2 Å². The first-order valence-electron chi connectivity index (χ1n) is 6.69. The van der Waals surface area contributed by atoms with Gasteiger partial charge >= 0.3 is 0 Å². The van der Waals surface area contributed by atoms with Crippen molar-refractivity contribution in [2.24, 2.45) is 17.6 Å². The van der Waals surface area contributed by atoms with Crippen LogP contribution in [0.15, 0.2) is 0 Å². The Labute approximate surface area is 104 Å². The first-order valence-corrected chi connectivity index (χ1v) is 6.69. The number of ether oxygens (including phenoxy) is 1. The van der Waals surface area contributed by atoms with Gasteiger partial charge in [0.2, 0.25) is 5.91 Å². The Hall–Kier alpha value is -0.610. The Balaban J connectivity index is 2.22. The van der Waals surface area contributed by atoms with Gasteiger partial charge in [0.1, 0.15) is 0 Å². The maximum absolute atomic E-state index is 12.0. The molecule has 1 rings (SSSR count). The van der Waals surface area contributed by atoms with E-state index in [2.05, 4.69) is 12.2 Å². The third kappa shape index (κ3) is 4.64. The summed E-state index contributed by atoms with van der Waals surface area (Å²) < 4.78 is 4.97. The summed E-state index contributed by atoms with van der Waals surface area (Å²) in [5, 5.41) is 3.01. The third-order valence-corrected chi connectivity index (χ3v) is 3.77. The molecule has 1 aliphatic carbocycles. The topological polar surface area (TPSA) is 64.3 Å². The summed E-state index contributed by atoms with van der Waals surface area (Å²) in [7, 11) is 1.70. The SMILES string of the molecule is COCCCCNC(=O)C1CCCC(N)C1C. The van der Waals surface area contributed by atoms with Gasteiger partial charge in [0.25, 0.3) is 0 Å². The number of hydrogen-bond donors (Lipinski definition) is 2. The lowest BCUT2D eigenvalue weighted by Crippen LogP contribution is -2.44. The monoisotopic (exact) mass is 242 g/mol. The van der Waals surface area contributed by atoms with E-state index in [1.807, 2.05) is 0 Å². The zero-order chi connectivity index (χ0) is 12.7. The molecule has 17 heavy (non-hydrogen) atoms. The van der Waals surface area contributed by atoms with Gasteiger partial charge in [0.15, 0.2) is 0 Å². The largest absolute Gasteiger partial charge is 0.385 e. The molecule has 0 heterocycles. The van der Waals surface area contributed by atoms with Gasteiger partial charge in [0.05, 0.1) is 0 Å². The van der Waals surface area contributed by atoms with Crippen LogP contribution in [0.1, 0.15) is 39.0 Å². The molecule has 3 atom stereocenters. The van der Waals surface area contributed by atoms with E-state index in [1.54, 1.807) is 7.11 Å². The predicted molar refractivity (Wildman–Crippen MR) is 68.6 cm³/mol. The average molecular weight is 242 g/mol. The van der Waals surface area contributed by atoms with Gasteiger partial charge in [-0.05, 0) is 31.6 Å². The van der Waals surface area contributed by atoms with E-state index in [0.29, 0.717) is 5.92 Å². The molecule has 4 nitrogen and oxygen atoms in total. The van der Waals surface area contributed by atoms with Crippen molar-refractivity contribution in [3.63, 3.8) is 0 Å². The molecule has 0 bridgehead atoms. The standard InChI is InChI=1S/C13H26N2O2/c1-10-11(6-5-7-12(10)14)13(16)15-8-3-4-9-17-2/h10-12H,3-9,14H2,1-2H3,(H,15,16). The van der Waals surface area contributed by atoms with Crippen LogP contribution in [0, 0.1) is 11.8 Å². The summed E-state index contributed by atoms with van der Waals surface area (Å²) >= 11 is 0. The van der Waals surface area contributed by atoms with E-state index >= 15 is 0 Å². The van der Waals surface area contributed by atoms with Gasteiger partial charge in [-0.2, -0.15) is 0 Å². The molecule has 3 N–H and O–H groups in total. The Bertz CT molecular complexity index is 233. The van der Waals surface area contributed by atoms with Crippen LogP contribution < -0.4 is 11.1 Å². The van der Waals surface area contributed by atoms with Crippen molar-refractivity contribution in [1.82, 2.24) is 5.32 Å². The van der Waals surface area contributed by atoms with Gasteiger partial charge < -0.3 is 15.8 Å². The number of nitrogens with two attached hydrogens (primary N) is 1. The van der Waals surface area contributed by atoms with E-state index < -0.39 is 0 Å². The van der Waals surface area contributed by atoms with Crippen LogP contribution in [0.2, 0.25) is 0 Å². The summed E-state index contributed by atoms with van der Waals surface area (Å²) in [5.41, 5.74) is 6.00. The zero-order valence-electron chi connectivity index (χ0n) is 11.1. The molecule has 1 saturated carbocycles. The normalized spacial score (nSPS) is 29.0. The fourth-order valence-electron chi connectivity index (χ4n) is 2.48. The predicted octanol–water partition coefficient (Wildman–Crippen LogP) is 1.29. The van der Waals surface area contributed by atoms with E-state index in [4.69, 9.17) is 10.5 Å². The molecule has 0 aromatic heterocycles. The van der Waals surface area contributed by atoms with Crippen molar-refractivity contribution in [2.45, 2.75) is 45.1 Å². The number of nitrogens with one attached hydrogen (secondary N) is 1. The molecule has 100 valence electrons. The highest BCUT2D eigenvalue weighted by molar-refractivity contribution is 5.79. The van der Waals surface area contributed by atoms with Crippen molar-refractivity contribution in [3.8, 4) is 0 Å². The maximum atomic E-state index is 12.0. The van der Waals surface area contributed by atoms with E-state index in [0.717, 1.165) is 45.3 Å². The lowest BCUT2D eigenvalue weighted by atomic mass is 9.77. The van der Waals surface area contributed by atoms with Crippen LogP contribution in [0.4, 0.5) is 0 Å². The lowest BCUT2D eigenvalue weighted by molar-refractivity contribution is -0.127. The number of carbonyl (C=O) groups excluding carboxylic acids is 1. The van der Waals surface area contributed by atoms with Crippen LogP contribution >= 0.6 is 0 Å². The molecule has 3 unspecified atom stereocenters.